The average molecular weight is 281 g/mol. The maximum atomic E-state index is 11.1. The monoisotopic (exact) mass is 281 g/mol. The lowest BCUT2D eigenvalue weighted by atomic mass is 10.0. The number of benzene rings is 2. The van der Waals surface area contributed by atoms with Gasteiger partial charge in [-0.15, -0.1) is 0 Å². The minimum atomic E-state index is -0.0795. The fourth-order valence-corrected chi connectivity index (χ4v) is 2.44. The Morgan fingerprint density at radius 2 is 1.52 bits per heavy atom. The van der Waals surface area contributed by atoms with Gasteiger partial charge in [-0.05, 0) is 37.0 Å². The Bertz CT molecular complexity index is 510. The first-order valence-electron chi connectivity index (χ1n) is 7.69. The van der Waals surface area contributed by atoms with E-state index in [-0.39, 0.29) is 6.04 Å². The van der Waals surface area contributed by atoms with Crippen LogP contribution in [0.15, 0.2) is 60.7 Å². The van der Waals surface area contributed by atoms with Crippen LogP contribution in [-0.4, -0.2) is 12.3 Å². The largest absolute Gasteiger partial charge is 0.376 e. The molecule has 110 valence electrons. The molecule has 21 heavy (non-hydrogen) atoms. The Kier molecular flexibility index (Phi) is 6.53. The van der Waals surface area contributed by atoms with Gasteiger partial charge in [0.1, 0.15) is 6.29 Å². The second-order valence-corrected chi connectivity index (χ2v) is 5.34. The minimum absolute atomic E-state index is 0.0795. The van der Waals surface area contributed by atoms with E-state index < -0.39 is 0 Å². The van der Waals surface area contributed by atoms with E-state index in [0.717, 1.165) is 37.7 Å². The van der Waals surface area contributed by atoms with Crippen molar-refractivity contribution in [2.24, 2.45) is 0 Å². The maximum absolute atomic E-state index is 11.1. The van der Waals surface area contributed by atoms with Gasteiger partial charge in [-0.25, -0.2) is 0 Å². The summed E-state index contributed by atoms with van der Waals surface area (Å²) in [5.74, 6) is 0. The third-order valence-electron chi connectivity index (χ3n) is 3.61. The van der Waals surface area contributed by atoms with Crippen molar-refractivity contribution in [3.63, 3.8) is 0 Å². The molecule has 0 saturated carbocycles. The summed E-state index contributed by atoms with van der Waals surface area (Å²) in [7, 11) is 0. The zero-order valence-electron chi connectivity index (χ0n) is 12.4. The fraction of sp³-hybridized carbons (Fsp3) is 0.316. The number of aryl methyl sites for hydroxylation is 1. The smallest absolute Gasteiger partial charge is 0.142 e. The van der Waals surface area contributed by atoms with Crippen LogP contribution in [0.5, 0.6) is 0 Å². The van der Waals surface area contributed by atoms with E-state index >= 15 is 0 Å². The van der Waals surface area contributed by atoms with Gasteiger partial charge in [-0.1, -0.05) is 61.4 Å². The predicted octanol–water partition coefficient (Wildman–Crippen LogP) is 4.47. The first-order valence-corrected chi connectivity index (χ1v) is 7.69. The molecule has 0 bridgehead atoms. The highest BCUT2D eigenvalue weighted by molar-refractivity contribution is 5.64. The lowest BCUT2D eigenvalue weighted by Crippen LogP contribution is -2.20. The fourth-order valence-electron chi connectivity index (χ4n) is 2.44. The van der Waals surface area contributed by atoms with Crippen LogP contribution in [0, 0.1) is 0 Å². The zero-order chi connectivity index (χ0) is 14.8. The molecule has 1 unspecified atom stereocenters. The summed E-state index contributed by atoms with van der Waals surface area (Å²) in [5.41, 5.74) is 2.41. The number of aldehydes is 1. The molecule has 2 heteroatoms. The number of hydrogen-bond acceptors (Lipinski definition) is 2. The Morgan fingerprint density at radius 1 is 0.857 bits per heavy atom. The number of nitrogens with one attached hydrogen (secondary N) is 1. The summed E-state index contributed by atoms with van der Waals surface area (Å²) in [6, 6.07) is 20.4. The molecule has 0 fully saturated rings. The molecule has 0 aromatic heterocycles. The Hall–Kier alpha value is -2.09. The van der Waals surface area contributed by atoms with Crippen molar-refractivity contribution in [2.75, 3.05) is 5.32 Å². The van der Waals surface area contributed by atoms with Gasteiger partial charge in [0.25, 0.3) is 0 Å². The number of hydrogen-bond donors (Lipinski definition) is 1. The molecule has 2 aromatic carbocycles. The van der Waals surface area contributed by atoms with Crippen LogP contribution in [-0.2, 0) is 11.2 Å². The SMILES string of the molecule is O=CC(CCCCCc1ccccc1)Nc1ccccc1. The topological polar surface area (TPSA) is 29.1 Å². The standard InChI is InChI=1S/C19H23NO/c21-16-19(20-18-13-7-3-8-14-18)15-9-2-6-12-17-10-4-1-5-11-17/h1,3-5,7-8,10-11,13-14,16,19-20H,2,6,9,12,15H2. The molecule has 0 heterocycles. The van der Waals surface area contributed by atoms with Gasteiger partial charge in [0.05, 0.1) is 6.04 Å². The van der Waals surface area contributed by atoms with E-state index in [4.69, 9.17) is 0 Å². The molecule has 1 atom stereocenters. The van der Waals surface area contributed by atoms with Gasteiger partial charge in [-0.2, -0.15) is 0 Å². The van der Waals surface area contributed by atoms with Crippen molar-refractivity contribution in [3.05, 3.63) is 66.2 Å². The molecular weight excluding hydrogens is 258 g/mol. The lowest BCUT2D eigenvalue weighted by molar-refractivity contribution is -0.108. The average Bonchev–Trinajstić information content (AvgIpc) is 2.55. The van der Waals surface area contributed by atoms with Crippen LogP contribution >= 0.6 is 0 Å². The van der Waals surface area contributed by atoms with Gasteiger partial charge < -0.3 is 10.1 Å². The molecule has 0 saturated heterocycles. The second kappa shape index (κ2) is 8.96. The van der Waals surface area contributed by atoms with Crippen molar-refractivity contribution < 1.29 is 4.79 Å². The Labute approximate surface area is 127 Å². The molecule has 2 aromatic rings. The van der Waals surface area contributed by atoms with Gasteiger partial charge in [0.2, 0.25) is 0 Å². The molecule has 2 nitrogen and oxygen atoms in total. The molecule has 2 rings (SSSR count). The number of anilines is 1. The summed E-state index contributed by atoms with van der Waals surface area (Å²) in [4.78, 5) is 11.1. The highest BCUT2D eigenvalue weighted by atomic mass is 16.1. The molecule has 0 aliphatic carbocycles. The van der Waals surface area contributed by atoms with Gasteiger partial charge in [0.15, 0.2) is 0 Å². The van der Waals surface area contributed by atoms with Crippen molar-refractivity contribution in [1.82, 2.24) is 0 Å². The lowest BCUT2D eigenvalue weighted by Gasteiger charge is -2.13. The van der Waals surface area contributed by atoms with Crippen LogP contribution in [0.25, 0.3) is 0 Å². The van der Waals surface area contributed by atoms with Crippen LogP contribution in [0.4, 0.5) is 5.69 Å². The van der Waals surface area contributed by atoms with Gasteiger partial charge in [0, 0.05) is 5.69 Å². The number of carbonyl (C=O) groups excluding carboxylic acids is 1. The third kappa shape index (κ3) is 5.82. The van der Waals surface area contributed by atoms with Crippen molar-refractivity contribution in [1.29, 1.82) is 0 Å². The van der Waals surface area contributed by atoms with E-state index in [2.05, 4.69) is 29.6 Å². The van der Waals surface area contributed by atoms with Crippen molar-refractivity contribution in [2.45, 2.75) is 38.1 Å². The predicted molar refractivity (Wildman–Crippen MR) is 88.5 cm³/mol. The van der Waals surface area contributed by atoms with Crippen molar-refractivity contribution >= 4 is 12.0 Å². The second-order valence-electron chi connectivity index (χ2n) is 5.34. The highest BCUT2D eigenvalue weighted by Crippen LogP contribution is 2.12. The number of unbranched alkanes of at least 4 members (excludes halogenated alkanes) is 2. The maximum Gasteiger partial charge on any atom is 0.142 e. The van der Waals surface area contributed by atoms with E-state index in [0.29, 0.717) is 0 Å². The van der Waals surface area contributed by atoms with E-state index in [1.807, 2.05) is 36.4 Å². The molecule has 0 radical (unpaired) electrons. The van der Waals surface area contributed by atoms with Crippen LogP contribution < -0.4 is 5.32 Å². The van der Waals surface area contributed by atoms with E-state index in [1.165, 1.54) is 12.0 Å². The van der Waals surface area contributed by atoms with Crippen LogP contribution in [0.2, 0.25) is 0 Å². The number of rotatable bonds is 9. The number of para-hydroxylation sites is 1. The minimum Gasteiger partial charge on any atom is -0.376 e. The summed E-state index contributed by atoms with van der Waals surface area (Å²) in [5, 5.41) is 3.27. The molecular formula is C19H23NO. The molecule has 0 amide bonds. The van der Waals surface area contributed by atoms with Gasteiger partial charge >= 0.3 is 0 Å². The normalized spacial score (nSPS) is 11.8. The summed E-state index contributed by atoms with van der Waals surface area (Å²) >= 11 is 0. The molecule has 0 spiro atoms. The molecule has 1 N–H and O–H groups in total. The number of carbonyl (C=O) groups is 1. The van der Waals surface area contributed by atoms with Crippen LogP contribution in [0.3, 0.4) is 0 Å². The Balaban J connectivity index is 1.63. The summed E-state index contributed by atoms with van der Waals surface area (Å²) < 4.78 is 0. The van der Waals surface area contributed by atoms with Crippen molar-refractivity contribution in [3.8, 4) is 0 Å². The quantitative estimate of drug-likeness (QED) is 0.543. The third-order valence-corrected chi connectivity index (χ3v) is 3.61. The zero-order valence-corrected chi connectivity index (χ0v) is 12.4. The Morgan fingerprint density at radius 3 is 2.19 bits per heavy atom. The first-order chi connectivity index (χ1) is 10.4. The highest BCUT2D eigenvalue weighted by Gasteiger charge is 2.06. The summed E-state index contributed by atoms with van der Waals surface area (Å²) in [6.45, 7) is 0. The molecule has 0 aliphatic heterocycles. The van der Waals surface area contributed by atoms with E-state index in [1.54, 1.807) is 0 Å². The first kappa shape index (κ1) is 15.3. The summed E-state index contributed by atoms with van der Waals surface area (Å²) in [6.07, 6.45) is 6.46. The van der Waals surface area contributed by atoms with Gasteiger partial charge in [-0.3, -0.25) is 0 Å². The van der Waals surface area contributed by atoms with Crippen LogP contribution in [0.1, 0.15) is 31.2 Å². The molecule has 0 aliphatic rings. The van der Waals surface area contributed by atoms with E-state index in [9.17, 15) is 4.79 Å².